The lowest BCUT2D eigenvalue weighted by Gasteiger charge is -2.10. The lowest BCUT2D eigenvalue weighted by Crippen LogP contribution is -2.27. The minimum Gasteiger partial charge on any atom is -0.352 e. The molecule has 0 saturated heterocycles. The molecule has 180 valence electrons. The number of imidazole rings is 1. The molecule has 0 unspecified atom stereocenters. The van der Waals surface area contributed by atoms with Crippen molar-refractivity contribution in [2.24, 2.45) is 5.92 Å². The molecule has 0 spiro atoms. The standard InChI is InChI=1S/C25H25N5O4S/c1-17(2)13-27-23(31)19-4-3-5-22(12-19)35(33,34)21-8-6-18(7-9-21)14-28-24(32)20-15-29-25-26-10-11-30(25)16-20/h3-12,15-17H,13-14H2,1-2H3,(H,27,31)(H,28,32). The third-order valence-electron chi connectivity index (χ3n) is 5.27. The molecule has 0 aliphatic heterocycles. The van der Waals surface area contributed by atoms with Gasteiger partial charge in [0.25, 0.3) is 11.8 Å². The van der Waals surface area contributed by atoms with Gasteiger partial charge < -0.3 is 10.6 Å². The van der Waals surface area contributed by atoms with Crippen LogP contribution in [0.4, 0.5) is 0 Å². The van der Waals surface area contributed by atoms with E-state index in [0.717, 1.165) is 5.56 Å². The average molecular weight is 492 g/mol. The summed E-state index contributed by atoms with van der Waals surface area (Å²) in [5.41, 5.74) is 1.40. The van der Waals surface area contributed by atoms with Crippen molar-refractivity contribution in [3.8, 4) is 0 Å². The number of nitrogens with one attached hydrogen (secondary N) is 2. The van der Waals surface area contributed by atoms with Gasteiger partial charge in [0, 0.05) is 43.4 Å². The molecule has 2 N–H and O–H groups in total. The van der Waals surface area contributed by atoms with E-state index in [1.165, 1.54) is 30.5 Å². The van der Waals surface area contributed by atoms with Crippen molar-refractivity contribution in [3.63, 3.8) is 0 Å². The van der Waals surface area contributed by atoms with Crippen LogP contribution in [0.25, 0.3) is 5.78 Å². The first-order valence-corrected chi connectivity index (χ1v) is 12.5. The molecule has 9 nitrogen and oxygen atoms in total. The molecular formula is C25H25N5O4S. The third kappa shape index (κ3) is 5.55. The number of fused-ring (bicyclic) bond motifs is 1. The van der Waals surface area contributed by atoms with Crippen LogP contribution in [0.5, 0.6) is 0 Å². The van der Waals surface area contributed by atoms with Crippen molar-refractivity contribution >= 4 is 27.4 Å². The lowest BCUT2D eigenvalue weighted by atomic mass is 10.2. The van der Waals surface area contributed by atoms with Crippen LogP contribution in [0.2, 0.25) is 0 Å². The van der Waals surface area contributed by atoms with Crippen molar-refractivity contribution in [2.75, 3.05) is 6.54 Å². The highest BCUT2D eigenvalue weighted by Gasteiger charge is 2.19. The second-order valence-electron chi connectivity index (χ2n) is 8.44. The molecule has 0 fully saturated rings. The second-order valence-corrected chi connectivity index (χ2v) is 10.4. The zero-order chi connectivity index (χ0) is 25.0. The zero-order valence-electron chi connectivity index (χ0n) is 19.3. The predicted molar refractivity (Wildman–Crippen MR) is 130 cm³/mol. The van der Waals surface area contributed by atoms with Crippen LogP contribution in [0.1, 0.15) is 40.1 Å². The van der Waals surface area contributed by atoms with Crippen LogP contribution < -0.4 is 10.6 Å². The first-order valence-electron chi connectivity index (χ1n) is 11.0. The number of amides is 2. The Hall–Kier alpha value is -4.05. The summed E-state index contributed by atoms with van der Waals surface area (Å²) in [6.45, 7) is 4.68. The highest BCUT2D eigenvalue weighted by molar-refractivity contribution is 7.91. The van der Waals surface area contributed by atoms with Gasteiger partial charge in [-0.1, -0.05) is 32.0 Å². The Morgan fingerprint density at radius 3 is 2.43 bits per heavy atom. The Bertz CT molecular complexity index is 1480. The van der Waals surface area contributed by atoms with E-state index in [9.17, 15) is 18.0 Å². The van der Waals surface area contributed by atoms with Gasteiger partial charge in [-0.15, -0.1) is 0 Å². The molecule has 0 atom stereocenters. The topological polar surface area (TPSA) is 123 Å². The normalized spacial score (nSPS) is 11.5. The number of carbonyl (C=O) groups is 2. The summed E-state index contributed by atoms with van der Waals surface area (Å²) >= 11 is 0. The fourth-order valence-corrected chi connectivity index (χ4v) is 4.65. The first kappa shape index (κ1) is 24.1. The highest BCUT2D eigenvalue weighted by Crippen LogP contribution is 2.22. The molecular weight excluding hydrogens is 466 g/mol. The molecule has 4 aromatic rings. The van der Waals surface area contributed by atoms with E-state index in [1.54, 1.807) is 47.3 Å². The van der Waals surface area contributed by atoms with Gasteiger partial charge >= 0.3 is 0 Å². The van der Waals surface area contributed by atoms with Crippen molar-refractivity contribution in [1.29, 1.82) is 0 Å². The van der Waals surface area contributed by atoms with Crippen LogP contribution in [-0.2, 0) is 16.4 Å². The Morgan fingerprint density at radius 2 is 1.69 bits per heavy atom. The molecule has 2 aromatic heterocycles. The van der Waals surface area contributed by atoms with Gasteiger partial charge in [0.2, 0.25) is 15.6 Å². The Labute approximate surface area is 203 Å². The number of nitrogens with zero attached hydrogens (tertiary/aromatic N) is 3. The molecule has 0 radical (unpaired) electrons. The van der Waals surface area contributed by atoms with E-state index in [4.69, 9.17) is 0 Å². The van der Waals surface area contributed by atoms with Crippen molar-refractivity contribution in [1.82, 2.24) is 25.0 Å². The molecule has 35 heavy (non-hydrogen) atoms. The van der Waals surface area contributed by atoms with E-state index in [-0.39, 0.29) is 39.6 Å². The number of aromatic nitrogens is 3. The van der Waals surface area contributed by atoms with E-state index < -0.39 is 9.84 Å². The number of hydrogen-bond acceptors (Lipinski definition) is 6. The minimum absolute atomic E-state index is 0.0399. The molecule has 2 heterocycles. The Kier molecular flexibility index (Phi) is 6.92. The fraction of sp³-hybridized carbons (Fsp3) is 0.200. The quantitative estimate of drug-likeness (QED) is 0.391. The zero-order valence-corrected chi connectivity index (χ0v) is 20.1. The fourth-order valence-electron chi connectivity index (χ4n) is 3.34. The summed E-state index contributed by atoms with van der Waals surface area (Å²) in [6.07, 6.45) is 6.38. The third-order valence-corrected chi connectivity index (χ3v) is 7.04. The van der Waals surface area contributed by atoms with Gasteiger partial charge in [-0.25, -0.2) is 18.4 Å². The van der Waals surface area contributed by atoms with Gasteiger partial charge in [0.15, 0.2) is 0 Å². The van der Waals surface area contributed by atoms with Gasteiger partial charge in [-0.05, 0) is 41.8 Å². The maximum Gasteiger partial charge on any atom is 0.254 e. The van der Waals surface area contributed by atoms with Crippen molar-refractivity contribution in [2.45, 2.75) is 30.2 Å². The summed E-state index contributed by atoms with van der Waals surface area (Å²) in [4.78, 5) is 33.1. The van der Waals surface area contributed by atoms with Crippen LogP contribution >= 0.6 is 0 Å². The number of hydrogen-bond donors (Lipinski definition) is 2. The molecule has 0 saturated carbocycles. The van der Waals surface area contributed by atoms with Crippen LogP contribution in [0.15, 0.2) is 83.1 Å². The molecule has 2 amide bonds. The molecule has 2 aromatic carbocycles. The average Bonchev–Trinajstić information content (AvgIpc) is 3.34. The van der Waals surface area contributed by atoms with Gasteiger partial charge in [-0.3, -0.25) is 14.0 Å². The molecule has 4 rings (SSSR count). The summed E-state index contributed by atoms with van der Waals surface area (Å²) in [5.74, 6) is 0.160. The van der Waals surface area contributed by atoms with Gasteiger partial charge in [0.1, 0.15) is 0 Å². The highest BCUT2D eigenvalue weighted by atomic mass is 32.2. The first-order chi connectivity index (χ1) is 16.7. The SMILES string of the molecule is CC(C)CNC(=O)c1cccc(S(=O)(=O)c2ccc(CNC(=O)c3cnc4nccn4c3)cc2)c1. The summed E-state index contributed by atoms with van der Waals surface area (Å²) < 4.78 is 27.9. The predicted octanol–water partition coefficient (Wildman–Crippen LogP) is 2.88. The Morgan fingerprint density at radius 1 is 0.943 bits per heavy atom. The van der Waals surface area contributed by atoms with E-state index in [1.807, 2.05) is 13.8 Å². The second kappa shape index (κ2) is 10.1. The molecule has 0 bridgehead atoms. The molecule has 10 heteroatoms. The van der Waals surface area contributed by atoms with Gasteiger partial charge in [-0.2, -0.15) is 0 Å². The maximum atomic E-state index is 13.1. The summed E-state index contributed by atoms with van der Waals surface area (Å²) in [6, 6.07) is 12.2. The number of rotatable bonds is 8. The Balaban J connectivity index is 1.43. The summed E-state index contributed by atoms with van der Waals surface area (Å²) in [7, 11) is -3.82. The number of sulfone groups is 1. The smallest absolute Gasteiger partial charge is 0.254 e. The molecule has 0 aliphatic carbocycles. The van der Waals surface area contributed by atoms with Crippen LogP contribution in [-0.4, -0.2) is 41.1 Å². The van der Waals surface area contributed by atoms with Gasteiger partial charge in [0.05, 0.1) is 15.4 Å². The monoisotopic (exact) mass is 491 g/mol. The largest absolute Gasteiger partial charge is 0.352 e. The van der Waals surface area contributed by atoms with Crippen LogP contribution in [0.3, 0.4) is 0 Å². The van der Waals surface area contributed by atoms with E-state index in [0.29, 0.717) is 17.9 Å². The van der Waals surface area contributed by atoms with E-state index in [2.05, 4.69) is 20.6 Å². The molecule has 0 aliphatic rings. The van der Waals surface area contributed by atoms with E-state index >= 15 is 0 Å². The number of benzene rings is 2. The maximum absolute atomic E-state index is 13.1. The van der Waals surface area contributed by atoms with Crippen LogP contribution in [0, 0.1) is 5.92 Å². The van der Waals surface area contributed by atoms with Crippen molar-refractivity contribution < 1.29 is 18.0 Å². The summed E-state index contributed by atoms with van der Waals surface area (Å²) in [5, 5.41) is 5.59. The number of carbonyl (C=O) groups excluding carboxylic acids is 2. The lowest BCUT2D eigenvalue weighted by molar-refractivity contribution is 0.0941. The minimum atomic E-state index is -3.82. The van der Waals surface area contributed by atoms with Crippen molar-refractivity contribution in [3.05, 3.63) is 90.0 Å².